The monoisotopic (exact) mass is 176 g/mol. The highest BCUT2D eigenvalue weighted by molar-refractivity contribution is 5.26. The molecule has 1 saturated carbocycles. The second-order valence-corrected chi connectivity index (χ2v) is 4.93. The maximum Gasteiger partial charge on any atom is -0.0162 e. The van der Waals surface area contributed by atoms with Crippen molar-refractivity contribution in [3.05, 3.63) is 23.8 Å². The summed E-state index contributed by atoms with van der Waals surface area (Å²) in [7, 11) is 0. The molecule has 2 rings (SSSR count). The van der Waals surface area contributed by atoms with E-state index in [4.69, 9.17) is 0 Å². The molecule has 0 amide bonds. The third kappa shape index (κ3) is 1.87. The highest BCUT2D eigenvalue weighted by atomic mass is 14.3. The van der Waals surface area contributed by atoms with Crippen molar-refractivity contribution in [2.24, 2.45) is 17.8 Å². The van der Waals surface area contributed by atoms with Crippen LogP contribution in [0, 0.1) is 17.8 Å². The molecule has 0 aromatic carbocycles. The first-order valence-electron chi connectivity index (χ1n) is 5.64. The van der Waals surface area contributed by atoms with E-state index in [1.807, 2.05) is 0 Å². The Hall–Kier alpha value is -0.520. The molecule has 0 saturated heterocycles. The SMILES string of the molecule is CC(C)CC1CCC2CC=CC=C21. The lowest BCUT2D eigenvalue weighted by Crippen LogP contribution is -2.06. The highest BCUT2D eigenvalue weighted by Gasteiger charge is 2.30. The number of allylic oxidation sites excluding steroid dienone is 4. The fourth-order valence-corrected chi connectivity index (χ4v) is 2.84. The van der Waals surface area contributed by atoms with Crippen LogP contribution < -0.4 is 0 Å². The quantitative estimate of drug-likeness (QED) is 0.597. The van der Waals surface area contributed by atoms with Crippen LogP contribution in [0.5, 0.6) is 0 Å². The molecule has 0 bridgehead atoms. The van der Waals surface area contributed by atoms with E-state index >= 15 is 0 Å². The minimum absolute atomic E-state index is 0.857. The van der Waals surface area contributed by atoms with Gasteiger partial charge in [-0.2, -0.15) is 0 Å². The van der Waals surface area contributed by atoms with Gasteiger partial charge in [-0.05, 0) is 43.4 Å². The van der Waals surface area contributed by atoms with Crippen molar-refractivity contribution in [2.45, 2.75) is 39.5 Å². The van der Waals surface area contributed by atoms with Gasteiger partial charge in [0.1, 0.15) is 0 Å². The smallest absolute Gasteiger partial charge is 0.0162 e. The number of fused-ring (bicyclic) bond motifs is 1. The van der Waals surface area contributed by atoms with Crippen LogP contribution >= 0.6 is 0 Å². The Bertz CT molecular complexity index is 232. The van der Waals surface area contributed by atoms with Gasteiger partial charge in [0.05, 0.1) is 0 Å². The van der Waals surface area contributed by atoms with E-state index in [1.165, 1.54) is 25.7 Å². The van der Waals surface area contributed by atoms with Crippen molar-refractivity contribution in [2.75, 3.05) is 0 Å². The highest BCUT2D eigenvalue weighted by Crippen LogP contribution is 2.43. The average Bonchev–Trinajstić information content (AvgIpc) is 2.48. The summed E-state index contributed by atoms with van der Waals surface area (Å²) in [6.07, 6.45) is 12.5. The molecule has 0 spiro atoms. The molecule has 0 nitrogen and oxygen atoms in total. The van der Waals surface area contributed by atoms with E-state index in [-0.39, 0.29) is 0 Å². The molecule has 2 atom stereocenters. The zero-order valence-corrected chi connectivity index (χ0v) is 8.79. The largest absolute Gasteiger partial charge is 0.0839 e. The third-order valence-corrected chi connectivity index (χ3v) is 3.41. The molecule has 0 heterocycles. The van der Waals surface area contributed by atoms with Gasteiger partial charge in [-0.3, -0.25) is 0 Å². The summed E-state index contributed by atoms with van der Waals surface area (Å²) >= 11 is 0. The molecule has 1 fully saturated rings. The summed E-state index contributed by atoms with van der Waals surface area (Å²) in [5, 5.41) is 0. The molecule has 0 aliphatic heterocycles. The second kappa shape index (κ2) is 3.69. The van der Waals surface area contributed by atoms with Gasteiger partial charge in [-0.25, -0.2) is 0 Å². The van der Waals surface area contributed by atoms with Crippen molar-refractivity contribution in [1.82, 2.24) is 0 Å². The molecular formula is C13H20. The van der Waals surface area contributed by atoms with Gasteiger partial charge in [0.15, 0.2) is 0 Å². The fourth-order valence-electron chi connectivity index (χ4n) is 2.84. The zero-order chi connectivity index (χ0) is 9.26. The van der Waals surface area contributed by atoms with E-state index < -0.39 is 0 Å². The summed E-state index contributed by atoms with van der Waals surface area (Å²) < 4.78 is 0. The molecule has 0 aromatic heterocycles. The average molecular weight is 176 g/mol. The zero-order valence-electron chi connectivity index (χ0n) is 8.79. The molecule has 2 aliphatic carbocycles. The topological polar surface area (TPSA) is 0 Å². The van der Waals surface area contributed by atoms with Gasteiger partial charge in [-0.15, -0.1) is 0 Å². The van der Waals surface area contributed by atoms with Crippen molar-refractivity contribution < 1.29 is 0 Å². The molecule has 13 heavy (non-hydrogen) atoms. The van der Waals surface area contributed by atoms with E-state index in [0.717, 1.165) is 17.8 Å². The summed E-state index contributed by atoms with van der Waals surface area (Å²) in [6.45, 7) is 4.68. The van der Waals surface area contributed by atoms with E-state index in [9.17, 15) is 0 Å². The van der Waals surface area contributed by atoms with Gasteiger partial charge < -0.3 is 0 Å². The van der Waals surface area contributed by atoms with E-state index in [2.05, 4.69) is 32.1 Å². The van der Waals surface area contributed by atoms with Gasteiger partial charge in [0, 0.05) is 0 Å². The number of hydrogen-bond acceptors (Lipinski definition) is 0. The Labute approximate surface area is 81.7 Å². The van der Waals surface area contributed by atoms with Gasteiger partial charge >= 0.3 is 0 Å². The third-order valence-electron chi connectivity index (χ3n) is 3.41. The lowest BCUT2D eigenvalue weighted by Gasteiger charge is -2.19. The Kier molecular flexibility index (Phi) is 2.57. The molecule has 72 valence electrons. The lowest BCUT2D eigenvalue weighted by molar-refractivity contribution is 0.464. The number of hydrogen-bond donors (Lipinski definition) is 0. The molecule has 0 N–H and O–H groups in total. The summed E-state index contributed by atoms with van der Waals surface area (Å²) in [5.41, 5.74) is 1.76. The first kappa shape index (κ1) is 9.05. The molecule has 0 heteroatoms. The number of rotatable bonds is 2. The van der Waals surface area contributed by atoms with Gasteiger partial charge in [0.2, 0.25) is 0 Å². The first-order chi connectivity index (χ1) is 6.27. The molecule has 0 radical (unpaired) electrons. The first-order valence-corrected chi connectivity index (χ1v) is 5.64. The standard InChI is InChI=1S/C13H20/c1-10(2)9-12-8-7-11-5-3-4-6-13(11)12/h3-4,6,10-12H,5,7-9H2,1-2H3. The normalized spacial score (nSPS) is 32.1. The second-order valence-electron chi connectivity index (χ2n) is 4.93. The molecule has 2 unspecified atom stereocenters. The molecular weight excluding hydrogens is 156 g/mol. The predicted octanol–water partition coefficient (Wildman–Crippen LogP) is 3.95. The Morgan fingerprint density at radius 3 is 3.00 bits per heavy atom. The van der Waals surface area contributed by atoms with Crippen LogP contribution in [0.25, 0.3) is 0 Å². The van der Waals surface area contributed by atoms with Gasteiger partial charge in [0.25, 0.3) is 0 Å². The van der Waals surface area contributed by atoms with Crippen LogP contribution in [-0.2, 0) is 0 Å². The van der Waals surface area contributed by atoms with Crippen LogP contribution in [0.2, 0.25) is 0 Å². The van der Waals surface area contributed by atoms with E-state index in [0.29, 0.717) is 0 Å². The Morgan fingerprint density at radius 2 is 2.23 bits per heavy atom. The summed E-state index contributed by atoms with van der Waals surface area (Å²) in [5.74, 6) is 2.68. The predicted molar refractivity (Wildman–Crippen MR) is 57.5 cm³/mol. The van der Waals surface area contributed by atoms with Crippen LogP contribution in [0.3, 0.4) is 0 Å². The van der Waals surface area contributed by atoms with Crippen molar-refractivity contribution in [3.8, 4) is 0 Å². The lowest BCUT2D eigenvalue weighted by atomic mass is 9.86. The Morgan fingerprint density at radius 1 is 1.38 bits per heavy atom. The minimum Gasteiger partial charge on any atom is -0.0839 e. The van der Waals surface area contributed by atoms with E-state index in [1.54, 1.807) is 5.57 Å². The molecule has 2 aliphatic rings. The fraction of sp³-hybridized carbons (Fsp3) is 0.692. The summed E-state index contributed by atoms with van der Waals surface area (Å²) in [4.78, 5) is 0. The maximum absolute atomic E-state index is 2.38. The van der Waals surface area contributed by atoms with Gasteiger partial charge in [-0.1, -0.05) is 37.6 Å². The van der Waals surface area contributed by atoms with Crippen LogP contribution in [0.4, 0.5) is 0 Å². The Balaban J connectivity index is 2.05. The van der Waals surface area contributed by atoms with Crippen LogP contribution in [-0.4, -0.2) is 0 Å². The van der Waals surface area contributed by atoms with Crippen molar-refractivity contribution in [1.29, 1.82) is 0 Å². The molecule has 0 aromatic rings. The summed E-state index contributed by atoms with van der Waals surface area (Å²) in [6, 6.07) is 0. The van der Waals surface area contributed by atoms with Crippen LogP contribution in [0.1, 0.15) is 39.5 Å². The van der Waals surface area contributed by atoms with Crippen molar-refractivity contribution >= 4 is 0 Å². The van der Waals surface area contributed by atoms with Crippen LogP contribution in [0.15, 0.2) is 23.8 Å². The minimum atomic E-state index is 0.857. The maximum atomic E-state index is 2.38. The van der Waals surface area contributed by atoms with Crippen molar-refractivity contribution in [3.63, 3.8) is 0 Å².